The molecule has 1 amide bonds. The largest absolute Gasteiger partial charge is 0.352 e. The van der Waals surface area contributed by atoms with Crippen molar-refractivity contribution in [1.29, 1.82) is 0 Å². The number of fused-ring (bicyclic) bond motifs is 1. The van der Waals surface area contributed by atoms with Gasteiger partial charge in [0.25, 0.3) is 5.91 Å². The molecule has 0 aliphatic rings. The monoisotopic (exact) mass is 364 g/mol. The summed E-state index contributed by atoms with van der Waals surface area (Å²) in [6.45, 7) is 4.53. The third kappa shape index (κ3) is 4.95. The molecular weight excluding hydrogens is 336 g/mol. The van der Waals surface area contributed by atoms with Crippen LogP contribution in [0.25, 0.3) is 11.0 Å². The quantitative estimate of drug-likeness (QED) is 0.667. The fraction of sp³-hybridized carbons (Fsp3) is 0.364. The lowest BCUT2D eigenvalue weighted by molar-refractivity contribution is 0.0954. The fourth-order valence-electron chi connectivity index (χ4n) is 3.29. The number of nitrogens with one attached hydrogen (secondary N) is 1. The number of hydrogen-bond donors (Lipinski definition) is 1. The molecular formula is C22H28N4O. The summed E-state index contributed by atoms with van der Waals surface area (Å²) in [5, 5.41) is 3.02. The summed E-state index contributed by atoms with van der Waals surface area (Å²) in [6, 6.07) is 15.9. The maximum atomic E-state index is 12.3. The Morgan fingerprint density at radius 1 is 1.15 bits per heavy atom. The summed E-state index contributed by atoms with van der Waals surface area (Å²) in [4.78, 5) is 19.3. The van der Waals surface area contributed by atoms with Gasteiger partial charge in [0.05, 0.1) is 11.0 Å². The van der Waals surface area contributed by atoms with Crippen LogP contribution in [0.4, 0.5) is 0 Å². The molecule has 1 heterocycles. The van der Waals surface area contributed by atoms with Gasteiger partial charge in [0.15, 0.2) is 0 Å². The van der Waals surface area contributed by atoms with Crippen molar-refractivity contribution in [2.45, 2.75) is 26.3 Å². The predicted molar refractivity (Wildman–Crippen MR) is 110 cm³/mol. The topological polar surface area (TPSA) is 50.2 Å². The molecule has 0 unspecified atom stereocenters. The number of imidazole rings is 1. The van der Waals surface area contributed by atoms with E-state index in [2.05, 4.69) is 41.0 Å². The minimum absolute atomic E-state index is 0.0334. The molecule has 0 aliphatic carbocycles. The summed E-state index contributed by atoms with van der Waals surface area (Å²) < 4.78 is 2.29. The lowest BCUT2D eigenvalue weighted by atomic mass is 10.1. The molecule has 0 spiro atoms. The summed E-state index contributed by atoms with van der Waals surface area (Å²) in [5.74, 6) is 0.994. The summed E-state index contributed by atoms with van der Waals surface area (Å²) in [5.41, 5.74) is 3.97. The molecule has 3 rings (SSSR count). The third-order valence-electron chi connectivity index (χ3n) is 4.64. The number of carbonyl (C=O) groups excluding carboxylic acids is 1. The van der Waals surface area contributed by atoms with E-state index in [0.29, 0.717) is 18.5 Å². The smallest absolute Gasteiger partial charge is 0.251 e. The maximum Gasteiger partial charge on any atom is 0.251 e. The number of amides is 1. The van der Waals surface area contributed by atoms with Crippen LogP contribution >= 0.6 is 0 Å². The normalized spacial score (nSPS) is 11.3. The Balaban J connectivity index is 1.67. The number of benzene rings is 2. The third-order valence-corrected chi connectivity index (χ3v) is 4.64. The fourth-order valence-corrected chi connectivity index (χ4v) is 3.29. The van der Waals surface area contributed by atoms with Crippen LogP contribution in [0.15, 0.2) is 48.5 Å². The number of aryl methyl sites for hydroxylation is 2. The minimum atomic E-state index is -0.0334. The predicted octanol–water partition coefficient (Wildman–Crippen LogP) is 3.27. The maximum absolute atomic E-state index is 12.3. The van der Waals surface area contributed by atoms with E-state index in [0.717, 1.165) is 41.9 Å². The van der Waals surface area contributed by atoms with Gasteiger partial charge in [-0.2, -0.15) is 0 Å². The Kier molecular flexibility index (Phi) is 6.24. The number of carbonyl (C=O) groups is 1. The highest BCUT2D eigenvalue weighted by atomic mass is 16.1. The van der Waals surface area contributed by atoms with Gasteiger partial charge in [0.2, 0.25) is 0 Å². The zero-order valence-electron chi connectivity index (χ0n) is 16.4. The van der Waals surface area contributed by atoms with E-state index in [9.17, 15) is 4.79 Å². The van der Waals surface area contributed by atoms with Crippen molar-refractivity contribution in [2.24, 2.45) is 0 Å². The van der Waals surface area contributed by atoms with Crippen molar-refractivity contribution in [2.75, 3.05) is 27.2 Å². The average Bonchev–Trinajstić information content (AvgIpc) is 2.99. The summed E-state index contributed by atoms with van der Waals surface area (Å²) in [7, 11) is 4.18. The van der Waals surface area contributed by atoms with E-state index < -0.39 is 0 Å². The molecule has 0 radical (unpaired) electrons. The van der Waals surface area contributed by atoms with Crippen LogP contribution < -0.4 is 5.32 Å². The molecule has 1 aromatic heterocycles. The zero-order valence-corrected chi connectivity index (χ0v) is 16.4. The van der Waals surface area contributed by atoms with E-state index in [1.165, 1.54) is 0 Å². The first-order chi connectivity index (χ1) is 13.0. The van der Waals surface area contributed by atoms with Crippen molar-refractivity contribution in [3.05, 3.63) is 65.5 Å². The molecule has 0 fully saturated rings. The molecule has 5 heteroatoms. The van der Waals surface area contributed by atoms with E-state index in [4.69, 9.17) is 4.98 Å². The van der Waals surface area contributed by atoms with Crippen LogP contribution in [-0.4, -0.2) is 47.5 Å². The first-order valence-electron chi connectivity index (χ1n) is 9.48. The van der Waals surface area contributed by atoms with Crippen LogP contribution in [0.2, 0.25) is 0 Å². The van der Waals surface area contributed by atoms with Crippen LogP contribution in [0.1, 0.15) is 28.2 Å². The van der Waals surface area contributed by atoms with Gasteiger partial charge in [-0.3, -0.25) is 4.79 Å². The second-order valence-electron chi connectivity index (χ2n) is 7.20. The van der Waals surface area contributed by atoms with Crippen LogP contribution in [-0.2, 0) is 13.0 Å². The standard InChI is InChI=1S/C22H28N4O/c1-17-8-6-9-18(16-17)22(27)23-13-12-21-24-19-10-4-5-11-20(19)26(21)15-7-14-25(2)3/h4-6,8-11,16H,7,12-15H2,1-3H3,(H,23,27). The van der Waals surface area contributed by atoms with Gasteiger partial charge in [-0.1, -0.05) is 29.8 Å². The van der Waals surface area contributed by atoms with Crippen molar-refractivity contribution in [3.8, 4) is 0 Å². The Hall–Kier alpha value is -2.66. The Labute approximate surface area is 161 Å². The highest BCUT2D eigenvalue weighted by molar-refractivity contribution is 5.94. The highest BCUT2D eigenvalue weighted by Gasteiger charge is 2.11. The number of aromatic nitrogens is 2. The van der Waals surface area contributed by atoms with E-state index >= 15 is 0 Å². The molecule has 2 aromatic carbocycles. The van der Waals surface area contributed by atoms with Gasteiger partial charge in [0.1, 0.15) is 5.82 Å². The van der Waals surface area contributed by atoms with Gasteiger partial charge in [0, 0.05) is 25.1 Å². The van der Waals surface area contributed by atoms with Crippen LogP contribution in [0, 0.1) is 6.92 Å². The molecule has 142 valence electrons. The van der Waals surface area contributed by atoms with Crippen molar-refractivity contribution in [1.82, 2.24) is 19.8 Å². The molecule has 0 saturated heterocycles. The van der Waals surface area contributed by atoms with E-state index in [-0.39, 0.29) is 5.91 Å². The summed E-state index contributed by atoms with van der Waals surface area (Å²) >= 11 is 0. The second-order valence-corrected chi connectivity index (χ2v) is 7.20. The lowest BCUT2D eigenvalue weighted by Crippen LogP contribution is -2.26. The molecule has 0 atom stereocenters. The molecule has 3 aromatic rings. The van der Waals surface area contributed by atoms with Crippen molar-refractivity contribution < 1.29 is 4.79 Å². The molecule has 27 heavy (non-hydrogen) atoms. The Morgan fingerprint density at radius 3 is 2.74 bits per heavy atom. The molecule has 5 nitrogen and oxygen atoms in total. The Morgan fingerprint density at radius 2 is 1.96 bits per heavy atom. The zero-order chi connectivity index (χ0) is 19.2. The molecule has 0 saturated carbocycles. The van der Waals surface area contributed by atoms with Gasteiger partial charge in [-0.15, -0.1) is 0 Å². The van der Waals surface area contributed by atoms with Gasteiger partial charge in [-0.05, 0) is 58.3 Å². The molecule has 1 N–H and O–H groups in total. The number of para-hydroxylation sites is 2. The first kappa shape index (κ1) is 19.1. The second kappa shape index (κ2) is 8.82. The van der Waals surface area contributed by atoms with E-state index in [1.54, 1.807) is 0 Å². The highest BCUT2D eigenvalue weighted by Crippen LogP contribution is 2.17. The van der Waals surface area contributed by atoms with E-state index in [1.807, 2.05) is 43.3 Å². The average molecular weight is 364 g/mol. The Bertz CT molecular complexity index is 914. The number of hydrogen-bond acceptors (Lipinski definition) is 3. The molecule has 0 bridgehead atoms. The summed E-state index contributed by atoms with van der Waals surface area (Å²) in [6.07, 6.45) is 1.78. The minimum Gasteiger partial charge on any atom is -0.352 e. The number of nitrogens with zero attached hydrogens (tertiary/aromatic N) is 3. The van der Waals surface area contributed by atoms with Gasteiger partial charge in [-0.25, -0.2) is 4.98 Å². The molecule has 0 aliphatic heterocycles. The number of rotatable bonds is 8. The van der Waals surface area contributed by atoms with Crippen molar-refractivity contribution >= 4 is 16.9 Å². The lowest BCUT2D eigenvalue weighted by Gasteiger charge is -2.13. The van der Waals surface area contributed by atoms with Gasteiger partial charge >= 0.3 is 0 Å². The van der Waals surface area contributed by atoms with Crippen molar-refractivity contribution in [3.63, 3.8) is 0 Å². The van der Waals surface area contributed by atoms with Gasteiger partial charge < -0.3 is 14.8 Å². The SMILES string of the molecule is Cc1cccc(C(=O)NCCc2nc3ccccc3n2CCCN(C)C)c1. The van der Waals surface area contributed by atoms with Crippen LogP contribution in [0.3, 0.4) is 0 Å². The van der Waals surface area contributed by atoms with Crippen LogP contribution in [0.5, 0.6) is 0 Å². The first-order valence-corrected chi connectivity index (χ1v) is 9.48.